The molecule has 0 aliphatic heterocycles. The fourth-order valence-corrected chi connectivity index (χ4v) is 2.08. The first kappa shape index (κ1) is 15.5. The number of benzene rings is 1. The van der Waals surface area contributed by atoms with Crippen LogP contribution in [0.5, 0.6) is 0 Å². The normalized spacial score (nSPS) is 12.5. The van der Waals surface area contributed by atoms with E-state index in [2.05, 4.69) is 77.1 Å². The van der Waals surface area contributed by atoms with Gasteiger partial charge in [-0.15, -0.1) is 0 Å². The second-order valence-corrected chi connectivity index (χ2v) is 5.17. The molecule has 0 unspecified atom stereocenters. The quantitative estimate of drug-likeness (QED) is 0.558. The molecule has 102 valence electrons. The summed E-state index contributed by atoms with van der Waals surface area (Å²) < 4.78 is 0. The summed E-state index contributed by atoms with van der Waals surface area (Å²) in [7, 11) is 0. The molecule has 0 spiro atoms. The van der Waals surface area contributed by atoms with E-state index in [0.29, 0.717) is 0 Å². The van der Waals surface area contributed by atoms with Crippen molar-refractivity contribution in [2.45, 2.75) is 47.5 Å². The first-order valence-corrected chi connectivity index (χ1v) is 7.19. The number of rotatable bonds is 5. The third kappa shape index (κ3) is 4.90. The van der Waals surface area contributed by atoms with Crippen molar-refractivity contribution in [3.63, 3.8) is 0 Å². The highest BCUT2D eigenvalue weighted by Crippen LogP contribution is 2.22. The zero-order valence-corrected chi connectivity index (χ0v) is 13.0. The fraction of sp³-hybridized carbons (Fsp3) is 0.368. The summed E-state index contributed by atoms with van der Waals surface area (Å²) in [5.41, 5.74) is 6.89. The average Bonchev–Trinajstić information content (AvgIpc) is 2.39. The molecule has 0 N–H and O–H groups in total. The van der Waals surface area contributed by atoms with E-state index >= 15 is 0 Å². The van der Waals surface area contributed by atoms with Crippen LogP contribution in [0.4, 0.5) is 0 Å². The van der Waals surface area contributed by atoms with Crippen LogP contribution in [-0.4, -0.2) is 0 Å². The Morgan fingerprint density at radius 3 is 2.11 bits per heavy atom. The van der Waals surface area contributed by atoms with Crippen molar-refractivity contribution in [1.29, 1.82) is 0 Å². The predicted molar refractivity (Wildman–Crippen MR) is 87.3 cm³/mol. The minimum atomic E-state index is 1.07. The van der Waals surface area contributed by atoms with Gasteiger partial charge in [-0.1, -0.05) is 61.9 Å². The van der Waals surface area contributed by atoms with E-state index in [1.165, 1.54) is 27.8 Å². The van der Waals surface area contributed by atoms with Crippen LogP contribution in [0.2, 0.25) is 0 Å². The third-order valence-corrected chi connectivity index (χ3v) is 3.31. The number of aryl methyl sites for hydroxylation is 1. The molecule has 0 radical (unpaired) electrons. The van der Waals surface area contributed by atoms with Gasteiger partial charge in [-0.25, -0.2) is 0 Å². The first-order valence-electron chi connectivity index (χ1n) is 7.19. The van der Waals surface area contributed by atoms with Crippen molar-refractivity contribution in [3.8, 4) is 0 Å². The van der Waals surface area contributed by atoms with Gasteiger partial charge in [0.1, 0.15) is 0 Å². The van der Waals surface area contributed by atoms with Crippen LogP contribution < -0.4 is 0 Å². The minimum Gasteiger partial charge on any atom is -0.0764 e. The van der Waals surface area contributed by atoms with Crippen LogP contribution in [0.15, 0.2) is 53.1 Å². The second-order valence-electron chi connectivity index (χ2n) is 5.17. The molecule has 0 fully saturated rings. The van der Waals surface area contributed by atoms with Crippen LogP contribution in [0.3, 0.4) is 0 Å². The van der Waals surface area contributed by atoms with Crippen molar-refractivity contribution in [2.24, 2.45) is 0 Å². The van der Waals surface area contributed by atoms with Crippen molar-refractivity contribution in [2.75, 3.05) is 0 Å². The van der Waals surface area contributed by atoms with Gasteiger partial charge in [0.15, 0.2) is 0 Å². The molecule has 0 saturated carbocycles. The van der Waals surface area contributed by atoms with E-state index in [-0.39, 0.29) is 0 Å². The van der Waals surface area contributed by atoms with Crippen molar-refractivity contribution in [1.82, 2.24) is 0 Å². The van der Waals surface area contributed by atoms with Crippen LogP contribution in [0.25, 0.3) is 6.08 Å². The smallest absolute Gasteiger partial charge is 0.0225 e. The van der Waals surface area contributed by atoms with Crippen LogP contribution in [-0.2, 0) is 0 Å². The van der Waals surface area contributed by atoms with E-state index in [4.69, 9.17) is 0 Å². The van der Waals surface area contributed by atoms with Crippen molar-refractivity contribution < 1.29 is 0 Å². The summed E-state index contributed by atoms with van der Waals surface area (Å²) in [6, 6.07) is 8.57. The largest absolute Gasteiger partial charge is 0.0764 e. The van der Waals surface area contributed by atoms with Crippen molar-refractivity contribution >= 4 is 6.08 Å². The lowest BCUT2D eigenvalue weighted by Crippen LogP contribution is -1.89. The molecule has 0 amide bonds. The van der Waals surface area contributed by atoms with Crippen molar-refractivity contribution in [3.05, 3.63) is 64.3 Å². The van der Waals surface area contributed by atoms with E-state index in [1.54, 1.807) is 0 Å². The zero-order chi connectivity index (χ0) is 14.3. The highest BCUT2D eigenvalue weighted by atomic mass is 14.1. The van der Waals surface area contributed by atoms with Gasteiger partial charge in [0.05, 0.1) is 0 Å². The molecule has 19 heavy (non-hydrogen) atoms. The van der Waals surface area contributed by atoms with Gasteiger partial charge in [-0.3, -0.25) is 0 Å². The monoisotopic (exact) mass is 254 g/mol. The molecule has 0 aromatic heterocycles. The van der Waals surface area contributed by atoms with Crippen LogP contribution in [0.1, 0.15) is 51.7 Å². The predicted octanol–water partition coefficient (Wildman–Crippen LogP) is 6.09. The van der Waals surface area contributed by atoms with E-state index in [1.807, 2.05) is 0 Å². The minimum absolute atomic E-state index is 1.07. The van der Waals surface area contributed by atoms with Gasteiger partial charge in [0.2, 0.25) is 0 Å². The summed E-state index contributed by atoms with van der Waals surface area (Å²) >= 11 is 0. The van der Waals surface area contributed by atoms with Gasteiger partial charge >= 0.3 is 0 Å². The van der Waals surface area contributed by atoms with E-state index in [0.717, 1.165) is 12.8 Å². The Morgan fingerprint density at radius 2 is 1.58 bits per heavy atom. The maximum Gasteiger partial charge on any atom is -0.0225 e. The summed E-state index contributed by atoms with van der Waals surface area (Å²) in [5.74, 6) is 0. The Morgan fingerprint density at radius 1 is 0.947 bits per heavy atom. The van der Waals surface area contributed by atoms with E-state index < -0.39 is 0 Å². The van der Waals surface area contributed by atoms with Crippen LogP contribution in [0, 0.1) is 6.92 Å². The fourth-order valence-electron chi connectivity index (χ4n) is 2.08. The topological polar surface area (TPSA) is 0 Å². The summed E-state index contributed by atoms with van der Waals surface area (Å²) in [6.45, 7) is 10.9. The summed E-state index contributed by atoms with van der Waals surface area (Å²) in [5, 5.41) is 0. The van der Waals surface area contributed by atoms with Gasteiger partial charge in [0, 0.05) is 0 Å². The molecular formula is C19H26. The number of hydrogen-bond acceptors (Lipinski definition) is 0. The van der Waals surface area contributed by atoms with Gasteiger partial charge in [-0.2, -0.15) is 0 Å². The maximum atomic E-state index is 2.34. The molecule has 0 aliphatic rings. The lowest BCUT2D eigenvalue weighted by Gasteiger charge is -2.09. The average molecular weight is 254 g/mol. The number of allylic oxidation sites excluding steroid dienone is 5. The van der Waals surface area contributed by atoms with Gasteiger partial charge in [-0.05, 0) is 55.9 Å². The first-order chi connectivity index (χ1) is 9.08. The second kappa shape index (κ2) is 7.78. The van der Waals surface area contributed by atoms with E-state index in [9.17, 15) is 0 Å². The lowest BCUT2D eigenvalue weighted by molar-refractivity contribution is 1.03. The highest BCUT2D eigenvalue weighted by molar-refractivity contribution is 5.61. The molecule has 0 nitrogen and oxygen atoms in total. The van der Waals surface area contributed by atoms with Crippen LogP contribution >= 0.6 is 0 Å². The van der Waals surface area contributed by atoms with Gasteiger partial charge < -0.3 is 0 Å². The number of hydrogen-bond donors (Lipinski definition) is 0. The molecule has 1 aromatic carbocycles. The molecule has 0 aliphatic carbocycles. The summed E-state index contributed by atoms with van der Waals surface area (Å²) in [6.07, 6.45) is 8.96. The molecular weight excluding hydrogens is 228 g/mol. The Hall–Kier alpha value is -1.56. The SMILES string of the molecule is CCC(=C\C=C(C)C)/C(=C/c1ccccc1C)CC. The molecule has 0 saturated heterocycles. The molecule has 0 heteroatoms. The Labute approximate surface area is 118 Å². The molecule has 0 bridgehead atoms. The molecule has 1 aromatic rings. The Bertz CT molecular complexity index is 495. The zero-order valence-electron chi connectivity index (χ0n) is 13.0. The highest BCUT2D eigenvalue weighted by Gasteiger charge is 2.02. The third-order valence-electron chi connectivity index (χ3n) is 3.31. The Balaban J connectivity index is 3.15. The maximum absolute atomic E-state index is 2.34. The Kier molecular flexibility index (Phi) is 6.35. The molecule has 1 rings (SSSR count). The molecule has 0 atom stereocenters. The van der Waals surface area contributed by atoms with Gasteiger partial charge in [0.25, 0.3) is 0 Å². The molecule has 0 heterocycles. The standard InChI is InChI=1S/C19H26/c1-6-17(13-12-15(3)4)18(7-2)14-19-11-9-8-10-16(19)5/h8-14H,6-7H2,1-5H3/b17-13+,18-14+. The lowest BCUT2D eigenvalue weighted by atomic mass is 9.96. The summed E-state index contributed by atoms with van der Waals surface area (Å²) in [4.78, 5) is 0.